The second kappa shape index (κ2) is 8.41. The molecule has 0 spiro atoms. The summed E-state index contributed by atoms with van der Waals surface area (Å²) < 4.78 is 25.8. The molecule has 33 heavy (non-hydrogen) atoms. The molecule has 2 aliphatic carbocycles. The number of hydrogen-bond acceptors (Lipinski definition) is 6. The van der Waals surface area contributed by atoms with Crippen LogP contribution in [0.3, 0.4) is 0 Å². The molecule has 1 aromatic heterocycles. The van der Waals surface area contributed by atoms with Gasteiger partial charge in [-0.1, -0.05) is 6.07 Å². The molecule has 1 aliphatic heterocycles. The second-order valence-corrected chi connectivity index (χ2v) is 11.4. The second-order valence-electron chi connectivity index (χ2n) is 9.71. The molecular weight excluding hydrogens is 440 g/mol. The number of amides is 2. The van der Waals surface area contributed by atoms with Crippen LogP contribution in [-0.4, -0.2) is 49.2 Å². The highest BCUT2D eigenvalue weighted by Crippen LogP contribution is 2.38. The maximum absolute atomic E-state index is 13.2. The van der Waals surface area contributed by atoms with Crippen molar-refractivity contribution >= 4 is 21.6 Å². The van der Waals surface area contributed by atoms with E-state index in [0.717, 1.165) is 49.9 Å². The first-order valence-electron chi connectivity index (χ1n) is 11.7. The van der Waals surface area contributed by atoms with Crippen molar-refractivity contribution in [2.75, 3.05) is 18.4 Å². The fourth-order valence-electron chi connectivity index (χ4n) is 5.30. The molecule has 2 heterocycles. The molecule has 1 fully saturated rings. The molecule has 1 atom stereocenters. The molecule has 9 nitrogen and oxygen atoms in total. The van der Waals surface area contributed by atoms with E-state index in [1.165, 1.54) is 22.3 Å². The van der Waals surface area contributed by atoms with E-state index in [2.05, 4.69) is 26.1 Å². The van der Waals surface area contributed by atoms with E-state index in [1.54, 1.807) is 10.7 Å². The Balaban J connectivity index is 1.35. The summed E-state index contributed by atoms with van der Waals surface area (Å²) >= 11 is 0. The van der Waals surface area contributed by atoms with E-state index in [-0.39, 0.29) is 17.2 Å². The summed E-state index contributed by atoms with van der Waals surface area (Å²) in [6.07, 6.45) is 5.76. The number of aryl methyl sites for hydroxylation is 2. The number of nitrogens with zero attached hydrogens (tertiary/aromatic N) is 3. The van der Waals surface area contributed by atoms with E-state index in [1.807, 2.05) is 13.8 Å². The molecule has 1 saturated heterocycles. The highest BCUT2D eigenvalue weighted by molar-refractivity contribution is 7.91. The van der Waals surface area contributed by atoms with Crippen LogP contribution in [0.5, 0.6) is 0 Å². The number of aromatic nitrogens is 2. The Labute approximate surface area is 194 Å². The lowest BCUT2D eigenvalue weighted by Crippen LogP contribution is -2.50. The lowest BCUT2D eigenvalue weighted by Gasteiger charge is -2.35. The van der Waals surface area contributed by atoms with Crippen LogP contribution in [-0.2, 0) is 42.1 Å². The number of aliphatic hydroxyl groups is 1. The fraction of sp³-hybridized carbons (Fsp3) is 0.565. The van der Waals surface area contributed by atoms with Gasteiger partial charge in [-0.05, 0) is 80.7 Å². The van der Waals surface area contributed by atoms with Crippen molar-refractivity contribution in [3.63, 3.8) is 0 Å². The van der Waals surface area contributed by atoms with Crippen LogP contribution in [0.1, 0.15) is 60.7 Å². The molecule has 5 rings (SSSR count). The van der Waals surface area contributed by atoms with Crippen LogP contribution in [0.25, 0.3) is 0 Å². The lowest BCUT2D eigenvalue weighted by atomic mass is 9.99. The van der Waals surface area contributed by atoms with Crippen molar-refractivity contribution in [3.05, 3.63) is 40.1 Å². The number of carbonyl (C=O) groups is 1. The van der Waals surface area contributed by atoms with Crippen LogP contribution in [0, 0.1) is 4.78 Å². The molecule has 1 unspecified atom stereocenters. The molecule has 3 aliphatic rings. The fourth-order valence-corrected chi connectivity index (χ4v) is 6.23. The standard InChI is InChI=1S/C23H32N6O3S/c1-14(2)29-17(11-28-12-18(30)13-28)10-21(26-29)33(24,32)27-23(31)25-22-19-7-3-5-15(19)9-16-6-4-8-20(16)22/h9-10,14,18,30H,3-8,11-13H2,1-2H3,(H3,24,25,27,31,32). The van der Waals surface area contributed by atoms with Gasteiger partial charge in [0.2, 0.25) is 0 Å². The van der Waals surface area contributed by atoms with Crippen molar-refractivity contribution in [3.8, 4) is 0 Å². The van der Waals surface area contributed by atoms with Crippen molar-refractivity contribution in [2.24, 2.45) is 0 Å². The van der Waals surface area contributed by atoms with E-state index >= 15 is 0 Å². The molecule has 1 aromatic carbocycles. The normalized spacial score (nSPS) is 19.8. The van der Waals surface area contributed by atoms with Gasteiger partial charge in [0, 0.05) is 31.4 Å². The van der Waals surface area contributed by atoms with Gasteiger partial charge in [-0.3, -0.25) is 9.58 Å². The smallest absolute Gasteiger partial charge is 0.332 e. The Morgan fingerprint density at radius 3 is 2.39 bits per heavy atom. The molecule has 178 valence electrons. The maximum Gasteiger partial charge on any atom is 0.332 e. The van der Waals surface area contributed by atoms with E-state index in [9.17, 15) is 14.1 Å². The number of β-amino-alcohol motifs (C(OH)–C–C–N with tert-alkyl or cyclic N) is 1. The number of nitrogens with one attached hydrogen (secondary N) is 3. The van der Waals surface area contributed by atoms with Crippen LogP contribution in [0.15, 0.2) is 17.2 Å². The monoisotopic (exact) mass is 472 g/mol. The zero-order valence-corrected chi connectivity index (χ0v) is 20.0. The molecule has 4 N–H and O–H groups in total. The Hall–Kier alpha value is -2.43. The zero-order chi connectivity index (χ0) is 23.3. The van der Waals surface area contributed by atoms with Gasteiger partial charge in [0.1, 0.15) is 0 Å². The topological polar surface area (TPSA) is 123 Å². The average molecular weight is 473 g/mol. The minimum absolute atomic E-state index is 0.0125. The van der Waals surface area contributed by atoms with Gasteiger partial charge in [0.15, 0.2) is 14.9 Å². The SMILES string of the molecule is CC(C)n1nc(S(=N)(=O)NC(=O)Nc2c3c(cc4c2CCC4)CCC3)cc1CN1CC(O)C1. The number of anilines is 1. The van der Waals surface area contributed by atoms with Gasteiger partial charge in [-0.2, -0.15) is 5.10 Å². The molecule has 0 radical (unpaired) electrons. The van der Waals surface area contributed by atoms with E-state index < -0.39 is 15.9 Å². The molecule has 2 aromatic rings. The van der Waals surface area contributed by atoms with Crippen LogP contribution >= 0.6 is 0 Å². The summed E-state index contributed by atoms with van der Waals surface area (Å²) in [6.45, 7) is 5.65. The predicted molar refractivity (Wildman–Crippen MR) is 126 cm³/mol. The largest absolute Gasteiger partial charge is 0.390 e. The predicted octanol–water partition coefficient (Wildman–Crippen LogP) is 2.76. The lowest BCUT2D eigenvalue weighted by molar-refractivity contribution is -0.00443. The number of aliphatic hydroxyl groups excluding tert-OH is 1. The van der Waals surface area contributed by atoms with Crippen LogP contribution in [0.2, 0.25) is 0 Å². The Morgan fingerprint density at radius 2 is 1.82 bits per heavy atom. The van der Waals surface area contributed by atoms with Gasteiger partial charge in [0.05, 0.1) is 11.8 Å². The third-order valence-electron chi connectivity index (χ3n) is 6.85. The van der Waals surface area contributed by atoms with Crippen molar-refractivity contribution in [1.82, 2.24) is 19.4 Å². The molecule has 10 heteroatoms. The highest BCUT2D eigenvalue weighted by Gasteiger charge is 2.29. The van der Waals surface area contributed by atoms with Gasteiger partial charge in [-0.15, -0.1) is 0 Å². The third-order valence-corrected chi connectivity index (χ3v) is 8.11. The average Bonchev–Trinajstić information content (AvgIpc) is 3.45. The summed E-state index contributed by atoms with van der Waals surface area (Å²) in [7, 11) is -3.64. The summed E-state index contributed by atoms with van der Waals surface area (Å²) in [5, 5.41) is 17.0. The van der Waals surface area contributed by atoms with Gasteiger partial charge >= 0.3 is 6.03 Å². The number of benzene rings is 1. The number of urea groups is 1. The molecular formula is C23H32N6O3S. The number of hydrogen-bond donors (Lipinski definition) is 4. The van der Waals surface area contributed by atoms with Gasteiger partial charge < -0.3 is 10.4 Å². The summed E-state index contributed by atoms with van der Waals surface area (Å²) in [5.41, 5.74) is 6.64. The van der Waals surface area contributed by atoms with Gasteiger partial charge in [-0.25, -0.2) is 18.5 Å². The number of carbonyl (C=O) groups excluding carboxylic acids is 1. The quantitative estimate of drug-likeness (QED) is 0.515. The summed E-state index contributed by atoms with van der Waals surface area (Å²) in [5.74, 6) is 0. The first-order chi connectivity index (χ1) is 15.7. The summed E-state index contributed by atoms with van der Waals surface area (Å²) in [4.78, 5) is 15.0. The van der Waals surface area contributed by atoms with E-state index in [0.29, 0.717) is 19.6 Å². The molecule has 0 saturated carbocycles. The van der Waals surface area contributed by atoms with Gasteiger partial charge in [0.25, 0.3) is 0 Å². The molecule has 0 bridgehead atoms. The first-order valence-corrected chi connectivity index (χ1v) is 13.3. The third kappa shape index (κ3) is 4.27. The highest BCUT2D eigenvalue weighted by atomic mass is 32.2. The Kier molecular flexibility index (Phi) is 5.70. The van der Waals surface area contributed by atoms with Crippen LogP contribution in [0.4, 0.5) is 10.5 Å². The van der Waals surface area contributed by atoms with Crippen LogP contribution < -0.4 is 10.0 Å². The minimum atomic E-state index is -3.64. The molecule has 2 amide bonds. The van der Waals surface area contributed by atoms with E-state index in [4.69, 9.17) is 4.78 Å². The number of fused-ring (bicyclic) bond motifs is 2. The number of likely N-dealkylation sites (tertiary alicyclic amines) is 1. The summed E-state index contributed by atoms with van der Waals surface area (Å²) in [6, 6.07) is 3.31. The van der Waals surface area contributed by atoms with Crippen molar-refractivity contribution in [2.45, 2.75) is 76.1 Å². The minimum Gasteiger partial charge on any atom is -0.390 e. The zero-order valence-electron chi connectivity index (χ0n) is 19.2. The van der Waals surface area contributed by atoms with Crippen molar-refractivity contribution in [1.29, 1.82) is 4.78 Å². The Morgan fingerprint density at radius 1 is 1.18 bits per heavy atom. The number of rotatable bonds is 6. The maximum atomic E-state index is 13.2. The Bertz CT molecular complexity index is 1170. The van der Waals surface area contributed by atoms with Crippen molar-refractivity contribution < 1.29 is 14.1 Å². The first kappa shape index (κ1) is 22.4.